The summed E-state index contributed by atoms with van der Waals surface area (Å²) in [5, 5.41) is 4.45. The number of alkyl halides is 1. The summed E-state index contributed by atoms with van der Waals surface area (Å²) in [5.74, 6) is 0.231. The minimum absolute atomic E-state index is 0.0104. The standard InChI is InChI=1S/C22H31FN4OS/c1-15(23)18-13-17(24-25(18)6)20-8-7-19(29-20)16(2)26-9-11-27(12-10-26)21(28)14-22(3,4)5/h7-8,13,15H,2,9-12,14H2,1,3-6H3. The minimum Gasteiger partial charge on any atom is -0.367 e. The zero-order valence-corrected chi connectivity index (χ0v) is 18.9. The predicted molar refractivity (Wildman–Crippen MR) is 117 cm³/mol. The van der Waals surface area contributed by atoms with Crippen molar-refractivity contribution in [1.29, 1.82) is 0 Å². The molecule has 0 saturated carbocycles. The monoisotopic (exact) mass is 418 g/mol. The summed E-state index contributed by atoms with van der Waals surface area (Å²) >= 11 is 1.62. The zero-order chi connectivity index (χ0) is 21.3. The maximum absolute atomic E-state index is 13.7. The van der Waals surface area contributed by atoms with Crippen LogP contribution in [0.25, 0.3) is 16.3 Å². The normalized spacial score (nSPS) is 16.2. The number of carbonyl (C=O) groups excluding carboxylic acids is 1. The predicted octanol–water partition coefficient (Wildman–Crippen LogP) is 4.73. The number of rotatable bonds is 5. The van der Waals surface area contributed by atoms with Gasteiger partial charge in [-0.15, -0.1) is 11.3 Å². The molecule has 2 aromatic heterocycles. The van der Waals surface area contributed by atoms with Gasteiger partial charge in [-0.2, -0.15) is 5.10 Å². The van der Waals surface area contributed by atoms with Crippen molar-refractivity contribution in [1.82, 2.24) is 19.6 Å². The third-order valence-electron chi connectivity index (χ3n) is 5.16. The Morgan fingerprint density at radius 2 is 1.86 bits per heavy atom. The molecule has 2 aromatic rings. The molecule has 1 fully saturated rings. The Bertz CT molecular complexity index is 885. The molecule has 1 aliphatic heterocycles. The molecule has 3 heterocycles. The highest BCUT2D eigenvalue weighted by Gasteiger charge is 2.26. The molecule has 158 valence electrons. The second-order valence-electron chi connectivity index (χ2n) is 8.91. The van der Waals surface area contributed by atoms with Crippen LogP contribution < -0.4 is 0 Å². The van der Waals surface area contributed by atoms with Crippen molar-refractivity contribution < 1.29 is 9.18 Å². The number of amides is 1. The maximum Gasteiger partial charge on any atom is 0.223 e. The van der Waals surface area contributed by atoms with E-state index in [0.29, 0.717) is 12.1 Å². The van der Waals surface area contributed by atoms with Gasteiger partial charge in [0.2, 0.25) is 5.91 Å². The van der Waals surface area contributed by atoms with Crippen LogP contribution in [0.5, 0.6) is 0 Å². The summed E-state index contributed by atoms with van der Waals surface area (Å²) in [6.07, 6.45) is -0.473. The van der Waals surface area contributed by atoms with E-state index in [2.05, 4.69) is 37.3 Å². The Balaban J connectivity index is 1.63. The lowest BCUT2D eigenvalue weighted by atomic mass is 9.91. The van der Waals surface area contributed by atoms with Crippen LogP contribution in [0.4, 0.5) is 4.39 Å². The van der Waals surface area contributed by atoms with Gasteiger partial charge in [0.05, 0.1) is 15.4 Å². The lowest BCUT2D eigenvalue weighted by Gasteiger charge is -2.37. The summed E-state index contributed by atoms with van der Waals surface area (Å²) in [6, 6.07) is 5.87. The number of carbonyl (C=O) groups is 1. The second kappa shape index (κ2) is 8.30. The van der Waals surface area contributed by atoms with Gasteiger partial charge in [-0.05, 0) is 30.5 Å². The van der Waals surface area contributed by atoms with Gasteiger partial charge >= 0.3 is 0 Å². The molecule has 29 heavy (non-hydrogen) atoms. The highest BCUT2D eigenvalue weighted by atomic mass is 32.1. The second-order valence-corrected chi connectivity index (χ2v) is 9.99. The van der Waals surface area contributed by atoms with Crippen molar-refractivity contribution in [2.24, 2.45) is 12.5 Å². The molecule has 0 aromatic carbocycles. The topological polar surface area (TPSA) is 41.4 Å². The zero-order valence-electron chi connectivity index (χ0n) is 18.0. The summed E-state index contributed by atoms with van der Waals surface area (Å²) in [5.41, 5.74) is 2.34. The van der Waals surface area contributed by atoms with Crippen LogP contribution in [0.2, 0.25) is 0 Å². The first-order chi connectivity index (χ1) is 13.5. The Morgan fingerprint density at radius 3 is 2.41 bits per heavy atom. The highest BCUT2D eigenvalue weighted by Crippen LogP contribution is 2.34. The number of thiophene rings is 1. The van der Waals surface area contributed by atoms with E-state index in [1.807, 2.05) is 23.1 Å². The third kappa shape index (κ3) is 5.07. The van der Waals surface area contributed by atoms with E-state index in [1.165, 1.54) is 6.92 Å². The van der Waals surface area contributed by atoms with E-state index < -0.39 is 6.17 Å². The lowest BCUT2D eigenvalue weighted by Crippen LogP contribution is -2.48. The van der Waals surface area contributed by atoms with Gasteiger partial charge in [0, 0.05) is 45.3 Å². The largest absolute Gasteiger partial charge is 0.367 e. The molecule has 1 saturated heterocycles. The Labute approximate surface area is 176 Å². The van der Waals surface area contributed by atoms with Gasteiger partial charge in [-0.25, -0.2) is 4.39 Å². The molecule has 0 aliphatic carbocycles. The number of hydrogen-bond donors (Lipinski definition) is 0. The van der Waals surface area contributed by atoms with Gasteiger partial charge in [-0.3, -0.25) is 9.48 Å². The van der Waals surface area contributed by atoms with Gasteiger partial charge in [0.15, 0.2) is 0 Å². The molecule has 3 rings (SSSR count). The van der Waals surface area contributed by atoms with Crippen molar-refractivity contribution in [2.45, 2.75) is 40.3 Å². The van der Waals surface area contributed by atoms with Crippen LogP contribution >= 0.6 is 11.3 Å². The average molecular weight is 419 g/mol. The summed E-state index contributed by atoms with van der Waals surface area (Å²) in [7, 11) is 1.77. The molecular weight excluding hydrogens is 387 g/mol. The molecule has 1 atom stereocenters. The van der Waals surface area contributed by atoms with Crippen molar-refractivity contribution in [3.63, 3.8) is 0 Å². The number of nitrogens with zero attached hydrogens (tertiary/aromatic N) is 4. The van der Waals surface area contributed by atoms with Crippen LogP contribution in [0, 0.1) is 5.41 Å². The van der Waals surface area contributed by atoms with Crippen LogP contribution in [0.3, 0.4) is 0 Å². The fourth-order valence-corrected chi connectivity index (χ4v) is 4.51. The first kappa shape index (κ1) is 21.6. The summed E-state index contributed by atoms with van der Waals surface area (Å²) < 4.78 is 15.3. The van der Waals surface area contributed by atoms with Crippen molar-refractivity contribution >= 4 is 22.9 Å². The molecular formula is C22H31FN4OS. The number of hydrogen-bond acceptors (Lipinski definition) is 4. The molecule has 0 N–H and O–H groups in total. The molecule has 0 bridgehead atoms. The van der Waals surface area contributed by atoms with Gasteiger partial charge in [-0.1, -0.05) is 27.4 Å². The van der Waals surface area contributed by atoms with Crippen LogP contribution in [-0.4, -0.2) is 51.7 Å². The van der Waals surface area contributed by atoms with E-state index in [-0.39, 0.29) is 11.3 Å². The SMILES string of the molecule is C=C(c1ccc(-c2cc(C(C)F)n(C)n2)s1)N1CCN(C(=O)CC(C)(C)C)CC1. The first-order valence-corrected chi connectivity index (χ1v) is 10.9. The molecule has 1 unspecified atom stereocenters. The highest BCUT2D eigenvalue weighted by molar-refractivity contribution is 7.16. The molecule has 0 radical (unpaired) electrons. The van der Waals surface area contributed by atoms with Gasteiger partial charge in [0.1, 0.15) is 11.9 Å². The Hall–Kier alpha value is -2.15. The number of aryl methyl sites for hydroxylation is 1. The maximum atomic E-state index is 13.7. The molecule has 0 spiro atoms. The Morgan fingerprint density at radius 1 is 1.24 bits per heavy atom. The van der Waals surface area contributed by atoms with Gasteiger partial charge in [0.25, 0.3) is 0 Å². The van der Waals surface area contributed by atoms with E-state index in [0.717, 1.165) is 47.3 Å². The molecule has 1 aliphatic rings. The Kier molecular flexibility index (Phi) is 6.17. The molecule has 1 amide bonds. The molecule has 5 nitrogen and oxygen atoms in total. The lowest BCUT2D eigenvalue weighted by molar-refractivity contribution is -0.134. The third-order valence-corrected chi connectivity index (χ3v) is 6.32. The fourth-order valence-electron chi connectivity index (χ4n) is 3.55. The fraction of sp³-hybridized carbons (Fsp3) is 0.545. The first-order valence-electron chi connectivity index (χ1n) is 10.1. The number of aromatic nitrogens is 2. The summed E-state index contributed by atoms with van der Waals surface area (Å²) in [4.78, 5) is 18.7. The van der Waals surface area contributed by atoms with Crippen molar-refractivity contribution in [2.75, 3.05) is 26.2 Å². The van der Waals surface area contributed by atoms with Crippen LogP contribution in [-0.2, 0) is 11.8 Å². The minimum atomic E-state index is -1.05. The van der Waals surface area contributed by atoms with E-state index in [1.54, 1.807) is 23.1 Å². The van der Waals surface area contributed by atoms with Crippen LogP contribution in [0.15, 0.2) is 24.8 Å². The average Bonchev–Trinajstić information content (AvgIpc) is 3.26. The van der Waals surface area contributed by atoms with Crippen molar-refractivity contribution in [3.8, 4) is 10.6 Å². The van der Waals surface area contributed by atoms with Crippen LogP contribution in [0.1, 0.15) is 50.9 Å². The van der Waals surface area contributed by atoms with E-state index >= 15 is 0 Å². The number of piperazine rings is 1. The smallest absolute Gasteiger partial charge is 0.223 e. The quantitative estimate of drug-likeness (QED) is 0.705. The van der Waals surface area contributed by atoms with Crippen molar-refractivity contribution in [3.05, 3.63) is 35.3 Å². The summed E-state index contributed by atoms with van der Waals surface area (Å²) in [6.45, 7) is 15.1. The van der Waals surface area contributed by atoms with Gasteiger partial charge < -0.3 is 9.80 Å². The number of halogens is 1. The van der Waals surface area contributed by atoms with E-state index in [9.17, 15) is 9.18 Å². The van der Waals surface area contributed by atoms with E-state index in [4.69, 9.17) is 0 Å². The molecule has 7 heteroatoms.